The number of nitrogens with zero attached hydrogens (tertiary/aromatic N) is 5. The number of piperidine rings is 1. The van der Waals surface area contributed by atoms with Gasteiger partial charge < -0.3 is 14.5 Å². The van der Waals surface area contributed by atoms with Gasteiger partial charge in [-0.1, -0.05) is 0 Å². The Balaban J connectivity index is 1.70. The second kappa shape index (κ2) is 6.75. The predicted molar refractivity (Wildman–Crippen MR) is 83.1 cm³/mol. The van der Waals surface area contributed by atoms with Crippen molar-refractivity contribution < 1.29 is 4.74 Å². The lowest BCUT2D eigenvalue weighted by Gasteiger charge is -2.32. The van der Waals surface area contributed by atoms with Crippen molar-refractivity contribution in [3.8, 4) is 0 Å². The van der Waals surface area contributed by atoms with E-state index in [0.29, 0.717) is 17.1 Å². The minimum atomic E-state index is 0.293. The van der Waals surface area contributed by atoms with Crippen LogP contribution < -0.4 is 9.80 Å². The maximum atomic E-state index is 6.09. The van der Waals surface area contributed by atoms with Crippen LogP contribution >= 0.6 is 11.6 Å². The highest BCUT2D eigenvalue weighted by molar-refractivity contribution is 6.28. The maximum absolute atomic E-state index is 6.09. The molecule has 0 N–H and O–H groups in total. The summed E-state index contributed by atoms with van der Waals surface area (Å²) in [6.07, 6.45) is 4.61. The van der Waals surface area contributed by atoms with Gasteiger partial charge in [0.15, 0.2) is 0 Å². The lowest BCUT2D eigenvalue weighted by molar-refractivity contribution is 0.139. The van der Waals surface area contributed by atoms with Gasteiger partial charge >= 0.3 is 0 Å². The Hall–Kier alpha value is -1.14. The van der Waals surface area contributed by atoms with E-state index < -0.39 is 0 Å². The molecule has 3 heterocycles. The van der Waals surface area contributed by atoms with Crippen molar-refractivity contribution in [2.75, 3.05) is 49.7 Å². The highest BCUT2D eigenvalue weighted by Gasteiger charge is 2.23. The first-order chi connectivity index (χ1) is 10.3. The van der Waals surface area contributed by atoms with Gasteiger partial charge in [-0.15, -0.1) is 0 Å². The molecule has 0 spiro atoms. The Kier molecular flexibility index (Phi) is 4.75. The summed E-state index contributed by atoms with van der Waals surface area (Å²) in [5, 5.41) is 0.293. The average molecular weight is 312 g/mol. The lowest BCUT2D eigenvalue weighted by atomic mass is 9.98. The quantitative estimate of drug-likeness (QED) is 0.847. The van der Waals surface area contributed by atoms with Crippen LogP contribution in [0.5, 0.6) is 0 Å². The molecule has 1 aromatic rings. The molecular weight excluding hydrogens is 290 g/mol. The molecule has 0 saturated carbocycles. The van der Waals surface area contributed by atoms with Crippen LogP contribution in [0.25, 0.3) is 0 Å². The average Bonchev–Trinajstić information content (AvgIpc) is 3.02. The third-order valence-electron chi connectivity index (χ3n) is 4.27. The van der Waals surface area contributed by atoms with Gasteiger partial charge in [-0.2, -0.15) is 15.0 Å². The minimum absolute atomic E-state index is 0.293. The van der Waals surface area contributed by atoms with Gasteiger partial charge in [0, 0.05) is 39.9 Å². The predicted octanol–water partition coefficient (Wildman–Crippen LogP) is 1.99. The first-order valence-corrected chi connectivity index (χ1v) is 8.04. The van der Waals surface area contributed by atoms with Crippen molar-refractivity contribution in [2.45, 2.75) is 25.7 Å². The van der Waals surface area contributed by atoms with Crippen LogP contribution in [0.1, 0.15) is 25.7 Å². The molecule has 116 valence electrons. The maximum Gasteiger partial charge on any atom is 0.231 e. The molecule has 0 aliphatic carbocycles. The molecule has 0 amide bonds. The van der Waals surface area contributed by atoms with Crippen LogP contribution in [0.3, 0.4) is 0 Å². The molecule has 7 heteroatoms. The standard InChI is InChI=1S/C14H22ClN5O/c1-21-10-11-4-8-20(9-5-11)14-17-12(15)16-13(18-14)19-6-2-3-7-19/h11H,2-10H2,1H3. The van der Waals surface area contributed by atoms with Crippen molar-refractivity contribution in [2.24, 2.45) is 5.92 Å². The minimum Gasteiger partial charge on any atom is -0.384 e. The molecule has 1 aromatic heterocycles. The molecule has 0 aromatic carbocycles. The summed E-state index contributed by atoms with van der Waals surface area (Å²) in [6.45, 7) is 4.76. The number of rotatable bonds is 4. The zero-order valence-corrected chi connectivity index (χ0v) is 13.2. The van der Waals surface area contributed by atoms with E-state index in [9.17, 15) is 0 Å². The molecule has 0 atom stereocenters. The van der Waals surface area contributed by atoms with Crippen molar-refractivity contribution in [1.29, 1.82) is 0 Å². The molecule has 2 aliphatic rings. The number of hydrogen-bond acceptors (Lipinski definition) is 6. The Morgan fingerprint density at radius 2 is 1.57 bits per heavy atom. The van der Waals surface area contributed by atoms with Gasteiger partial charge in [-0.05, 0) is 43.2 Å². The SMILES string of the molecule is COCC1CCN(c2nc(Cl)nc(N3CCCC3)n2)CC1. The highest BCUT2D eigenvalue weighted by Crippen LogP contribution is 2.24. The molecule has 2 aliphatic heterocycles. The summed E-state index contributed by atoms with van der Waals surface area (Å²) in [5.74, 6) is 2.08. The van der Waals surface area contributed by atoms with Gasteiger partial charge in [0.25, 0.3) is 0 Å². The van der Waals surface area contributed by atoms with Crippen LogP contribution in [-0.4, -0.2) is 54.8 Å². The Morgan fingerprint density at radius 1 is 1.00 bits per heavy atom. The molecule has 0 radical (unpaired) electrons. The molecule has 2 saturated heterocycles. The molecule has 21 heavy (non-hydrogen) atoms. The number of ether oxygens (including phenoxy) is 1. The fraction of sp³-hybridized carbons (Fsp3) is 0.786. The fourth-order valence-electron chi connectivity index (χ4n) is 3.06. The summed E-state index contributed by atoms with van der Waals surface area (Å²) >= 11 is 6.09. The van der Waals surface area contributed by atoms with Crippen molar-refractivity contribution in [3.63, 3.8) is 0 Å². The van der Waals surface area contributed by atoms with E-state index in [2.05, 4.69) is 24.8 Å². The van der Waals surface area contributed by atoms with Crippen molar-refractivity contribution in [3.05, 3.63) is 5.28 Å². The van der Waals surface area contributed by atoms with Crippen molar-refractivity contribution in [1.82, 2.24) is 15.0 Å². The number of halogens is 1. The number of methoxy groups -OCH3 is 1. The number of aromatic nitrogens is 3. The number of hydrogen-bond donors (Lipinski definition) is 0. The van der Waals surface area contributed by atoms with E-state index in [-0.39, 0.29) is 0 Å². The van der Waals surface area contributed by atoms with E-state index in [4.69, 9.17) is 16.3 Å². The van der Waals surface area contributed by atoms with Gasteiger partial charge in [-0.25, -0.2) is 0 Å². The van der Waals surface area contributed by atoms with Crippen LogP contribution in [0, 0.1) is 5.92 Å². The summed E-state index contributed by atoms with van der Waals surface area (Å²) in [6, 6.07) is 0. The summed E-state index contributed by atoms with van der Waals surface area (Å²) in [5.41, 5.74) is 0. The van der Waals surface area contributed by atoms with E-state index in [0.717, 1.165) is 51.6 Å². The molecule has 2 fully saturated rings. The zero-order valence-electron chi connectivity index (χ0n) is 12.5. The first kappa shape index (κ1) is 14.8. The Bertz CT molecular complexity index is 472. The third kappa shape index (κ3) is 3.55. The zero-order chi connectivity index (χ0) is 14.7. The van der Waals surface area contributed by atoms with Crippen LogP contribution in [0.4, 0.5) is 11.9 Å². The molecule has 0 unspecified atom stereocenters. The van der Waals surface area contributed by atoms with Gasteiger partial charge in [0.05, 0.1) is 0 Å². The Labute approximate surface area is 130 Å². The van der Waals surface area contributed by atoms with E-state index in [1.165, 1.54) is 12.8 Å². The third-order valence-corrected chi connectivity index (χ3v) is 4.44. The van der Waals surface area contributed by atoms with Crippen LogP contribution in [0.2, 0.25) is 5.28 Å². The number of anilines is 2. The topological polar surface area (TPSA) is 54.4 Å². The second-order valence-corrected chi connectivity index (χ2v) is 6.12. The van der Waals surface area contributed by atoms with E-state index in [1.54, 1.807) is 7.11 Å². The Morgan fingerprint density at radius 3 is 2.14 bits per heavy atom. The first-order valence-electron chi connectivity index (χ1n) is 7.66. The summed E-state index contributed by atoms with van der Waals surface area (Å²) < 4.78 is 5.24. The normalized spacial score (nSPS) is 20.3. The molecule has 6 nitrogen and oxygen atoms in total. The van der Waals surface area contributed by atoms with Gasteiger partial charge in [0.2, 0.25) is 17.2 Å². The lowest BCUT2D eigenvalue weighted by Crippen LogP contribution is -2.36. The monoisotopic (exact) mass is 311 g/mol. The molecule has 0 bridgehead atoms. The van der Waals surface area contributed by atoms with Crippen LogP contribution in [-0.2, 0) is 4.74 Å². The van der Waals surface area contributed by atoms with Crippen molar-refractivity contribution >= 4 is 23.5 Å². The smallest absolute Gasteiger partial charge is 0.231 e. The summed E-state index contributed by atoms with van der Waals surface area (Å²) in [7, 11) is 1.76. The van der Waals surface area contributed by atoms with Gasteiger partial charge in [0.1, 0.15) is 0 Å². The summed E-state index contributed by atoms with van der Waals surface area (Å²) in [4.78, 5) is 17.6. The fourth-order valence-corrected chi connectivity index (χ4v) is 3.22. The molecular formula is C14H22ClN5O. The van der Waals surface area contributed by atoms with Gasteiger partial charge in [-0.3, -0.25) is 0 Å². The van der Waals surface area contributed by atoms with E-state index in [1.807, 2.05) is 0 Å². The van der Waals surface area contributed by atoms with Crippen LogP contribution in [0.15, 0.2) is 0 Å². The molecule has 3 rings (SSSR count). The van der Waals surface area contributed by atoms with E-state index >= 15 is 0 Å². The largest absolute Gasteiger partial charge is 0.384 e. The highest BCUT2D eigenvalue weighted by atomic mass is 35.5. The second-order valence-electron chi connectivity index (χ2n) is 5.78.